The molecule has 0 aliphatic heterocycles. The first-order valence-electron chi connectivity index (χ1n) is 6.27. The summed E-state index contributed by atoms with van der Waals surface area (Å²) >= 11 is 0. The van der Waals surface area contributed by atoms with E-state index in [1.807, 2.05) is 0 Å². The number of hydrogen-bond donors (Lipinski definition) is 0. The van der Waals surface area contributed by atoms with Crippen molar-refractivity contribution in [3.05, 3.63) is 46.0 Å². The molecule has 21 heavy (non-hydrogen) atoms. The molecule has 0 unspecified atom stereocenters. The van der Waals surface area contributed by atoms with Crippen molar-refractivity contribution in [2.45, 2.75) is 6.92 Å². The molecule has 0 heterocycles. The summed E-state index contributed by atoms with van der Waals surface area (Å²) < 4.78 is 4.74. The highest BCUT2D eigenvalue weighted by Crippen LogP contribution is 2.14. The van der Waals surface area contributed by atoms with Crippen LogP contribution >= 0.6 is 0 Å². The smallest absolute Gasteiger partial charge is 0.325 e. The number of nitro groups is 1. The second-order valence-electron chi connectivity index (χ2n) is 4.18. The number of carbonyl (C=O) groups excluding carboxylic acids is 2. The number of ether oxygens (including phenoxy) is 1. The molecule has 0 atom stereocenters. The van der Waals surface area contributed by atoms with Crippen molar-refractivity contribution in [1.82, 2.24) is 4.90 Å². The lowest BCUT2D eigenvalue weighted by Crippen LogP contribution is -2.31. The number of esters is 1. The largest absolute Gasteiger partial charge is 0.465 e. The molecule has 0 bridgehead atoms. The lowest BCUT2D eigenvalue weighted by atomic mass is 10.2. The molecule has 0 spiro atoms. The van der Waals surface area contributed by atoms with Crippen molar-refractivity contribution >= 4 is 23.6 Å². The van der Waals surface area contributed by atoms with Gasteiger partial charge in [0.1, 0.15) is 6.54 Å². The number of benzene rings is 1. The van der Waals surface area contributed by atoms with Crippen LogP contribution in [0.25, 0.3) is 6.08 Å². The predicted octanol–water partition coefficient (Wildman–Crippen LogP) is 1.63. The molecule has 0 saturated carbocycles. The van der Waals surface area contributed by atoms with Gasteiger partial charge >= 0.3 is 5.97 Å². The zero-order chi connectivity index (χ0) is 15.8. The summed E-state index contributed by atoms with van der Waals surface area (Å²) in [7, 11) is 1.47. The normalized spacial score (nSPS) is 10.4. The van der Waals surface area contributed by atoms with Gasteiger partial charge in [-0.2, -0.15) is 0 Å². The van der Waals surface area contributed by atoms with E-state index in [0.29, 0.717) is 5.56 Å². The van der Waals surface area contributed by atoms with Crippen LogP contribution in [0.1, 0.15) is 12.5 Å². The van der Waals surface area contributed by atoms with Crippen molar-refractivity contribution in [3.63, 3.8) is 0 Å². The average Bonchev–Trinajstić information content (AvgIpc) is 2.45. The van der Waals surface area contributed by atoms with Crippen LogP contribution in [0.3, 0.4) is 0 Å². The van der Waals surface area contributed by atoms with E-state index in [-0.39, 0.29) is 18.8 Å². The zero-order valence-electron chi connectivity index (χ0n) is 11.8. The minimum absolute atomic E-state index is 0.0514. The summed E-state index contributed by atoms with van der Waals surface area (Å²) in [6.07, 6.45) is 2.70. The van der Waals surface area contributed by atoms with Gasteiger partial charge in [-0.05, 0) is 18.6 Å². The molecule has 0 fully saturated rings. The second kappa shape index (κ2) is 7.78. The van der Waals surface area contributed by atoms with Crippen LogP contribution in [-0.4, -0.2) is 41.9 Å². The van der Waals surface area contributed by atoms with Crippen molar-refractivity contribution in [1.29, 1.82) is 0 Å². The van der Waals surface area contributed by atoms with Gasteiger partial charge in [0, 0.05) is 25.3 Å². The minimum atomic E-state index is -0.508. The van der Waals surface area contributed by atoms with Gasteiger partial charge in [-0.1, -0.05) is 12.1 Å². The quantitative estimate of drug-likeness (QED) is 0.344. The molecule has 0 aliphatic rings. The van der Waals surface area contributed by atoms with Crippen LogP contribution in [0.4, 0.5) is 5.69 Å². The standard InChI is InChI=1S/C14H16N2O5/c1-3-21-14(18)10-15(2)13(17)8-7-11-5-4-6-12(9-11)16(19)20/h4-9H,3,10H2,1-2H3/b8-7+. The van der Waals surface area contributed by atoms with Crippen LogP contribution in [0.2, 0.25) is 0 Å². The molecule has 1 rings (SSSR count). The van der Waals surface area contributed by atoms with Gasteiger partial charge < -0.3 is 9.64 Å². The third-order valence-electron chi connectivity index (χ3n) is 2.55. The Morgan fingerprint density at radius 3 is 2.76 bits per heavy atom. The molecule has 1 aromatic rings. The van der Waals surface area contributed by atoms with Crippen LogP contribution in [0.5, 0.6) is 0 Å². The van der Waals surface area contributed by atoms with Gasteiger partial charge in [-0.25, -0.2) is 0 Å². The summed E-state index contributed by atoms with van der Waals surface area (Å²) in [4.78, 5) is 34.3. The number of nitrogens with zero attached hydrogens (tertiary/aromatic N) is 2. The van der Waals surface area contributed by atoms with Gasteiger partial charge in [-0.3, -0.25) is 19.7 Å². The maximum Gasteiger partial charge on any atom is 0.325 e. The summed E-state index contributed by atoms with van der Waals surface area (Å²) in [6.45, 7) is 1.79. The van der Waals surface area contributed by atoms with E-state index < -0.39 is 16.8 Å². The highest BCUT2D eigenvalue weighted by Gasteiger charge is 2.11. The Bertz CT molecular complexity index is 568. The molecular formula is C14H16N2O5. The first kappa shape index (κ1) is 16.4. The number of nitro benzene ring substituents is 1. The van der Waals surface area contributed by atoms with Gasteiger partial charge in [0.05, 0.1) is 11.5 Å². The molecule has 7 heteroatoms. The molecule has 0 radical (unpaired) electrons. The molecule has 7 nitrogen and oxygen atoms in total. The van der Waals surface area contributed by atoms with E-state index >= 15 is 0 Å². The van der Waals surface area contributed by atoms with E-state index in [1.54, 1.807) is 13.0 Å². The molecule has 0 saturated heterocycles. The maximum atomic E-state index is 11.8. The van der Waals surface area contributed by atoms with Crippen LogP contribution < -0.4 is 0 Å². The van der Waals surface area contributed by atoms with E-state index in [4.69, 9.17) is 4.74 Å². The lowest BCUT2D eigenvalue weighted by molar-refractivity contribution is -0.384. The molecule has 0 N–H and O–H groups in total. The Balaban J connectivity index is 2.67. The van der Waals surface area contributed by atoms with Gasteiger partial charge in [0.25, 0.3) is 5.69 Å². The van der Waals surface area contributed by atoms with E-state index in [2.05, 4.69) is 0 Å². The summed E-state index contributed by atoms with van der Waals surface area (Å²) in [6, 6.07) is 5.90. The number of non-ortho nitro benzene ring substituents is 1. The Hall–Kier alpha value is -2.70. The Labute approximate surface area is 122 Å². The molecular weight excluding hydrogens is 276 g/mol. The molecule has 0 aliphatic carbocycles. The number of amides is 1. The van der Waals surface area contributed by atoms with Crippen molar-refractivity contribution < 1.29 is 19.2 Å². The fourth-order valence-corrected chi connectivity index (χ4v) is 1.51. The Morgan fingerprint density at radius 1 is 1.43 bits per heavy atom. The summed E-state index contributed by atoms with van der Waals surface area (Å²) in [5.41, 5.74) is 0.478. The highest BCUT2D eigenvalue weighted by atomic mass is 16.6. The third kappa shape index (κ3) is 5.43. The molecule has 1 aromatic carbocycles. The number of hydrogen-bond acceptors (Lipinski definition) is 5. The molecule has 1 amide bonds. The predicted molar refractivity (Wildman–Crippen MR) is 76.4 cm³/mol. The topological polar surface area (TPSA) is 89.8 Å². The third-order valence-corrected chi connectivity index (χ3v) is 2.55. The van der Waals surface area contributed by atoms with Crippen molar-refractivity contribution in [3.8, 4) is 0 Å². The molecule has 0 aromatic heterocycles. The van der Waals surface area contributed by atoms with Crippen molar-refractivity contribution in [2.75, 3.05) is 20.2 Å². The first-order chi connectivity index (χ1) is 9.93. The van der Waals surface area contributed by atoms with Gasteiger partial charge in [0.15, 0.2) is 0 Å². The zero-order valence-corrected chi connectivity index (χ0v) is 11.8. The van der Waals surface area contributed by atoms with Crippen molar-refractivity contribution in [2.24, 2.45) is 0 Å². The second-order valence-corrected chi connectivity index (χ2v) is 4.18. The summed E-state index contributed by atoms with van der Waals surface area (Å²) in [5, 5.41) is 10.6. The highest BCUT2D eigenvalue weighted by molar-refractivity contribution is 5.93. The minimum Gasteiger partial charge on any atom is -0.465 e. The van der Waals surface area contributed by atoms with Crippen LogP contribution in [0, 0.1) is 10.1 Å². The number of likely N-dealkylation sites (N-methyl/N-ethyl adjacent to an activating group) is 1. The fraction of sp³-hybridized carbons (Fsp3) is 0.286. The SMILES string of the molecule is CCOC(=O)CN(C)C(=O)/C=C/c1cccc([N+](=O)[O-])c1. The van der Waals surface area contributed by atoms with Crippen LogP contribution in [-0.2, 0) is 14.3 Å². The van der Waals surface area contributed by atoms with E-state index in [0.717, 1.165) is 0 Å². The Kier molecular flexibility index (Phi) is 6.06. The number of carbonyl (C=O) groups is 2. The van der Waals surface area contributed by atoms with E-state index in [9.17, 15) is 19.7 Å². The van der Waals surface area contributed by atoms with E-state index in [1.165, 1.54) is 42.3 Å². The van der Waals surface area contributed by atoms with Crippen LogP contribution in [0.15, 0.2) is 30.3 Å². The van der Waals surface area contributed by atoms with Gasteiger partial charge in [0.2, 0.25) is 5.91 Å². The van der Waals surface area contributed by atoms with Gasteiger partial charge in [-0.15, -0.1) is 0 Å². The number of rotatable bonds is 6. The Morgan fingerprint density at radius 2 is 2.14 bits per heavy atom. The summed E-state index contributed by atoms with van der Waals surface area (Å²) in [5.74, 6) is -0.883. The maximum absolute atomic E-state index is 11.8. The lowest BCUT2D eigenvalue weighted by Gasteiger charge is -2.13. The monoisotopic (exact) mass is 292 g/mol. The fourth-order valence-electron chi connectivity index (χ4n) is 1.51. The first-order valence-corrected chi connectivity index (χ1v) is 6.27. The molecule has 112 valence electrons. The average molecular weight is 292 g/mol.